The first-order valence-corrected chi connectivity index (χ1v) is 10.8. The summed E-state index contributed by atoms with van der Waals surface area (Å²) in [6, 6.07) is 0. The van der Waals surface area contributed by atoms with Gasteiger partial charge in [-0.25, -0.2) is 0 Å². The third kappa shape index (κ3) is 1.78. The van der Waals surface area contributed by atoms with Crippen LogP contribution < -0.4 is 0 Å². The second-order valence-electron chi connectivity index (χ2n) is 10.9. The molecule has 7 nitrogen and oxygen atoms in total. The first-order valence-electron chi connectivity index (χ1n) is 10.8. The highest BCUT2D eigenvalue weighted by Gasteiger charge is 2.84. The zero-order valence-electron chi connectivity index (χ0n) is 17.1. The number of Topliss-reactive ketones (excluding diaryl/α,β-unsaturated/α-hetero) is 2. The lowest BCUT2D eigenvalue weighted by molar-refractivity contribution is -0.276. The van der Waals surface area contributed by atoms with Gasteiger partial charge in [-0.1, -0.05) is 13.8 Å². The number of carbonyl (C=O) groups excluding carboxylic acids is 3. The van der Waals surface area contributed by atoms with E-state index in [9.17, 15) is 19.5 Å². The standard InChI is InChI=1S/C22H28O7/c1-10(23)29-18-20-7-11(22(18)9-28-22)4-5-12(20)21-8-27-14(6-13(21)24)19(2,3)16(21)15(25)17(20)26/h11-12,14-16,18,25H,4-9H2,1-3H3/t11-,12+,14+,15-,16+,18-,20-,21+,22+/m0/s1. The van der Waals surface area contributed by atoms with Gasteiger partial charge in [0.25, 0.3) is 0 Å². The van der Waals surface area contributed by atoms with Gasteiger partial charge in [0, 0.05) is 19.3 Å². The van der Waals surface area contributed by atoms with E-state index in [0.29, 0.717) is 25.9 Å². The SMILES string of the molecule is CC(=O)O[C@@H]1[C@@]2(CO2)[C@H]2CC[C@H]3[C@]45CO[C@H](CC4=O)C(C)(C)[C@H]5[C@H](O)C(=O)[C@]31C2. The number of ether oxygens (including phenoxy) is 3. The molecule has 29 heavy (non-hydrogen) atoms. The van der Waals surface area contributed by atoms with Crippen molar-refractivity contribution in [2.45, 2.75) is 70.4 Å². The molecule has 3 aliphatic heterocycles. The van der Waals surface area contributed by atoms with E-state index in [1.54, 1.807) is 0 Å². The molecule has 7 rings (SSSR count). The lowest BCUT2D eigenvalue weighted by atomic mass is 9.37. The molecule has 7 aliphatic rings. The zero-order valence-corrected chi connectivity index (χ0v) is 17.1. The minimum Gasteiger partial charge on any atom is -0.458 e. The largest absolute Gasteiger partial charge is 0.458 e. The molecular weight excluding hydrogens is 376 g/mol. The van der Waals surface area contributed by atoms with Crippen molar-refractivity contribution in [3.63, 3.8) is 0 Å². The molecule has 0 aromatic rings. The maximum atomic E-state index is 13.9. The summed E-state index contributed by atoms with van der Waals surface area (Å²) in [4.78, 5) is 39.5. The van der Waals surface area contributed by atoms with Gasteiger partial charge < -0.3 is 19.3 Å². The number of hydrogen-bond donors (Lipinski definition) is 1. The van der Waals surface area contributed by atoms with Gasteiger partial charge in [-0.3, -0.25) is 14.4 Å². The predicted octanol–water partition coefficient (Wildman–Crippen LogP) is 1.05. The number of rotatable bonds is 1. The molecule has 3 heterocycles. The van der Waals surface area contributed by atoms with Gasteiger partial charge in [0.2, 0.25) is 0 Å². The van der Waals surface area contributed by atoms with Crippen LogP contribution in [0, 0.1) is 34.0 Å². The Hall–Kier alpha value is -1.31. The number of aliphatic hydroxyl groups excluding tert-OH is 1. The van der Waals surface area contributed by atoms with Gasteiger partial charge in [0.1, 0.15) is 23.6 Å². The van der Waals surface area contributed by atoms with Gasteiger partial charge in [0.05, 0.1) is 30.1 Å². The summed E-state index contributed by atoms with van der Waals surface area (Å²) < 4.78 is 17.8. The number of ketones is 2. The Morgan fingerprint density at radius 3 is 2.52 bits per heavy atom. The Kier molecular flexibility index (Phi) is 3.25. The smallest absolute Gasteiger partial charge is 0.303 e. The van der Waals surface area contributed by atoms with Crippen LogP contribution in [-0.2, 0) is 28.6 Å². The number of epoxide rings is 1. The first kappa shape index (κ1) is 18.5. The number of aliphatic hydroxyl groups is 1. The van der Waals surface area contributed by atoms with Crippen molar-refractivity contribution >= 4 is 17.5 Å². The van der Waals surface area contributed by atoms with E-state index in [2.05, 4.69) is 0 Å². The monoisotopic (exact) mass is 404 g/mol. The number of esters is 1. The normalized spacial score (nSPS) is 56.1. The van der Waals surface area contributed by atoms with Crippen molar-refractivity contribution in [3.8, 4) is 0 Å². The van der Waals surface area contributed by atoms with Crippen molar-refractivity contribution in [2.75, 3.05) is 13.2 Å². The molecule has 7 heteroatoms. The molecule has 4 aliphatic carbocycles. The molecule has 0 radical (unpaired) electrons. The minimum atomic E-state index is -1.26. The Morgan fingerprint density at radius 2 is 1.90 bits per heavy atom. The van der Waals surface area contributed by atoms with Crippen molar-refractivity contribution in [3.05, 3.63) is 0 Å². The van der Waals surface area contributed by atoms with E-state index in [-0.39, 0.29) is 36.1 Å². The van der Waals surface area contributed by atoms with E-state index in [1.807, 2.05) is 13.8 Å². The lowest BCUT2D eigenvalue weighted by Crippen LogP contribution is -2.77. The maximum absolute atomic E-state index is 13.9. The van der Waals surface area contributed by atoms with Crippen LogP contribution in [0.5, 0.6) is 0 Å². The summed E-state index contributed by atoms with van der Waals surface area (Å²) in [5.74, 6) is -1.27. The quantitative estimate of drug-likeness (QED) is 0.515. The second kappa shape index (κ2) is 5.11. The summed E-state index contributed by atoms with van der Waals surface area (Å²) in [6.45, 7) is 6.06. The summed E-state index contributed by atoms with van der Waals surface area (Å²) >= 11 is 0. The second-order valence-corrected chi connectivity index (χ2v) is 10.9. The fourth-order valence-corrected chi connectivity index (χ4v) is 8.56. The lowest BCUT2D eigenvalue weighted by Gasteiger charge is -2.68. The van der Waals surface area contributed by atoms with Gasteiger partial charge in [-0.05, 0) is 36.5 Å². The molecule has 7 fully saturated rings. The van der Waals surface area contributed by atoms with E-state index < -0.39 is 45.9 Å². The number of fused-ring (bicyclic) bond motifs is 4. The van der Waals surface area contributed by atoms with Crippen LogP contribution in [0.3, 0.4) is 0 Å². The molecule has 0 aromatic carbocycles. The Balaban J connectivity index is 1.58. The Labute approximate surface area is 169 Å². The highest BCUT2D eigenvalue weighted by Crippen LogP contribution is 2.75. The zero-order chi connectivity index (χ0) is 20.6. The molecule has 3 saturated heterocycles. The summed E-state index contributed by atoms with van der Waals surface area (Å²) in [6.07, 6.45) is 0.0795. The topological polar surface area (TPSA) is 102 Å². The van der Waals surface area contributed by atoms with Crippen molar-refractivity contribution in [2.24, 2.45) is 34.0 Å². The summed E-state index contributed by atoms with van der Waals surface area (Å²) in [7, 11) is 0. The molecule has 158 valence electrons. The molecule has 4 saturated carbocycles. The van der Waals surface area contributed by atoms with Crippen LogP contribution in [0.15, 0.2) is 0 Å². The molecule has 0 unspecified atom stereocenters. The van der Waals surface area contributed by atoms with Gasteiger partial charge in [-0.15, -0.1) is 0 Å². The van der Waals surface area contributed by atoms with Crippen molar-refractivity contribution < 1.29 is 33.7 Å². The molecule has 3 spiro atoms. The number of hydrogen-bond acceptors (Lipinski definition) is 7. The highest BCUT2D eigenvalue weighted by atomic mass is 16.6. The molecule has 0 amide bonds. The third-order valence-corrected chi connectivity index (χ3v) is 9.64. The molecular formula is C22H28O7. The maximum Gasteiger partial charge on any atom is 0.303 e. The van der Waals surface area contributed by atoms with E-state index in [0.717, 1.165) is 6.42 Å². The number of carbonyl (C=O) groups is 3. The van der Waals surface area contributed by atoms with E-state index >= 15 is 0 Å². The Morgan fingerprint density at radius 1 is 1.17 bits per heavy atom. The van der Waals surface area contributed by atoms with Crippen molar-refractivity contribution in [1.29, 1.82) is 0 Å². The molecule has 9 atom stereocenters. The van der Waals surface area contributed by atoms with Gasteiger partial charge in [0.15, 0.2) is 5.78 Å². The predicted molar refractivity (Wildman–Crippen MR) is 97.6 cm³/mol. The van der Waals surface area contributed by atoms with Crippen LogP contribution >= 0.6 is 0 Å². The summed E-state index contributed by atoms with van der Waals surface area (Å²) in [5, 5.41) is 11.4. The average Bonchev–Trinajstić information content (AvgIpc) is 3.43. The van der Waals surface area contributed by atoms with E-state index in [1.165, 1.54) is 6.92 Å². The molecule has 0 aromatic heterocycles. The highest BCUT2D eigenvalue weighted by molar-refractivity contribution is 5.98. The van der Waals surface area contributed by atoms with Crippen LogP contribution in [0.25, 0.3) is 0 Å². The molecule has 4 bridgehead atoms. The Bertz CT molecular complexity index is 844. The van der Waals surface area contributed by atoms with Crippen LogP contribution in [-0.4, -0.2) is 59.8 Å². The minimum absolute atomic E-state index is 0.103. The van der Waals surface area contributed by atoms with Gasteiger partial charge in [-0.2, -0.15) is 0 Å². The van der Waals surface area contributed by atoms with Crippen molar-refractivity contribution in [1.82, 2.24) is 0 Å². The fraction of sp³-hybridized carbons (Fsp3) is 0.864. The van der Waals surface area contributed by atoms with Crippen LogP contribution in [0.4, 0.5) is 0 Å². The molecule has 1 N–H and O–H groups in total. The van der Waals surface area contributed by atoms with Crippen LogP contribution in [0.1, 0.15) is 46.5 Å². The van der Waals surface area contributed by atoms with Gasteiger partial charge >= 0.3 is 5.97 Å². The van der Waals surface area contributed by atoms with Crippen LogP contribution in [0.2, 0.25) is 0 Å². The average molecular weight is 404 g/mol. The first-order chi connectivity index (χ1) is 13.6. The third-order valence-electron chi connectivity index (χ3n) is 9.64. The summed E-state index contributed by atoms with van der Waals surface area (Å²) in [5.41, 5.74) is -3.09. The fourth-order valence-electron chi connectivity index (χ4n) is 8.56. The van der Waals surface area contributed by atoms with E-state index in [4.69, 9.17) is 14.2 Å².